The van der Waals surface area contributed by atoms with Crippen LogP contribution in [0.15, 0.2) is 122 Å². The van der Waals surface area contributed by atoms with Gasteiger partial charge in [0.05, 0.1) is 62.7 Å². The smallest absolute Gasteiger partial charge is 0.256 e. The number of fused-ring (bicyclic) bond motifs is 3. The van der Waals surface area contributed by atoms with Crippen molar-refractivity contribution < 1.29 is 62.0 Å². The maximum absolute atomic E-state index is 8.93. The van der Waals surface area contributed by atoms with Crippen molar-refractivity contribution in [3.63, 3.8) is 0 Å². The van der Waals surface area contributed by atoms with Crippen molar-refractivity contribution in [3.8, 4) is 85.8 Å². The van der Waals surface area contributed by atoms with Crippen LogP contribution in [-0.4, -0.2) is 68.3 Å². The molecule has 0 saturated heterocycles. The third kappa shape index (κ3) is 14.6. The number of hydrogen-bond donors (Lipinski definition) is 3. The van der Waals surface area contributed by atoms with E-state index < -0.39 is 104 Å². The summed E-state index contributed by atoms with van der Waals surface area (Å²) in [4.78, 5) is 22.8. The lowest BCUT2D eigenvalue weighted by Crippen LogP contribution is -2.19. The monoisotopic (exact) mass is 1230 g/mol. The quantitative estimate of drug-likeness (QED) is 0.0575. The lowest BCUT2D eigenvalue weighted by atomic mass is 10.0. The Kier molecular flexibility index (Phi) is 12.8. The SMILES string of the molecule is [2H]c1c([2H])c(-c2noc(-c3c([2H])c([2H])c(OC(C)C)c([N+]#[C-])c3[2H])n2)c2c(c1[2H])[C@@]([2H])(NC([2H])([2H])CC)CC2.[2H]c1c([2H])c(-c2noc(-c3c([2H])c([2H])c(OC(C)C)c([N+]#[C-])c3[2H])n2)c2c(c1[2H])[C@@]([2H])(NCC([2H])([2H])C)CC2.[2H]c1c([2H])c(-c2noc(-c3c([2H])c([2H])c(OC(C)C)c([N+]#[C-])c3[2H])n2)c2c(c1[2H])[C@@]([2H])(NCCC)CC2. The zero-order valence-electron chi connectivity index (χ0n) is 75.8. The van der Waals surface area contributed by atoms with E-state index in [4.69, 9.17) is 81.8 Å². The highest BCUT2D eigenvalue weighted by molar-refractivity contribution is 5.74. The standard InChI is InChI=1S/3C24H26N4O2/c3*1-5-13-26-20-11-10-17-18(20)7-6-8-19(17)23-27-24(30-28-23)16-9-12-22(29-15(2)3)21(14-16)25-4/h3*6-9,12,14-15,20,26H,5,10-11,13H2,1-3H3/t3*20-/m000/s1/i6D,7D,8D,9D,12D,13D2,14D,20D;5D2,6D,7D,8D,9D,12D,14D,20D;6D,7D,8D,9D,12D,14D,20D. The molecule has 3 heterocycles. The molecule has 0 spiro atoms. The number of hydrogen-bond acceptors (Lipinski definition) is 15. The zero-order valence-corrected chi connectivity index (χ0v) is 50.8. The summed E-state index contributed by atoms with van der Waals surface area (Å²) in [6.45, 7) is 36.1. The first-order valence-corrected chi connectivity index (χ1v) is 29.0. The molecule has 0 aliphatic heterocycles. The van der Waals surface area contributed by atoms with Crippen molar-refractivity contribution >= 4 is 17.1 Å². The second kappa shape index (κ2) is 29.7. The largest absolute Gasteiger partial charge is 0.502 e. The number of ether oxygens (including phenoxy) is 3. The van der Waals surface area contributed by atoms with Gasteiger partial charge >= 0.3 is 0 Å². The molecule has 0 fully saturated rings. The predicted octanol–water partition coefficient (Wildman–Crippen LogP) is 17.2. The third-order valence-corrected chi connectivity index (χ3v) is 13.5. The number of rotatable bonds is 21. The van der Waals surface area contributed by atoms with Crippen LogP contribution < -0.4 is 30.2 Å². The molecule has 3 N–H and O–H groups in total. The zero-order chi connectivity index (χ0) is 85.3. The van der Waals surface area contributed by atoms with Crippen molar-refractivity contribution in [2.75, 3.05) is 19.6 Å². The van der Waals surface area contributed by atoms with Crippen LogP contribution in [0.2, 0.25) is 0 Å². The fourth-order valence-corrected chi connectivity index (χ4v) is 9.62. The highest BCUT2D eigenvalue weighted by Gasteiger charge is 2.30. The molecule has 3 aliphatic rings. The molecule has 0 radical (unpaired) electrons. The van der Waals surface area contributed by atoms with Gasteiger partial charge in [-0.15, -0.1) is 0 Å². The Balaban J connectivity index is 0.000000182. The Labute approximate surface area is 562 Å². The van der Waals surface area contributed by atoms with Crippen LogP contribution in [-0.2, 0) is 19.3 Å². The van der Waals surface area contributed by atoms with Crippen molar-refractivity contribution in [3.05, 3.63) is 176 Å². The van der Waals surface area contributed by atoms with E-state index >= 15 is 0 Å². The van der Waals surface area contributed by atoms with Gasteiger partial charge in [-0.3, -0.25) is 0 Å². The van der Waals surface area contributed by atoms with Crippen LogP contribution in [0.25, 0.3) is 83.1 Å². The van der Waals surface area contributed by atoms with Crippen LogP contribution in [0, 0.1) is 19.7 Å². The van der Waals surface area contributed by atoms with Crippen LogP contribution in [0.4, 0.5) is 17.1 Å². The molecule has 18 nitrogen and oxygen atoms in total. The summed E-state index contributed by atoms with van der Waals surface area (Å²) in [6, 6.07) is -11.6. The fourth-order valence-electron chi connectivity index (χ4n) is 9.62. The summed E-state index contributed by atoms with van der Waals surface area (Å²) < 4.78 is 243. The lowest BCUT2D eigenvalue weighted by molar-refractivity contribution is 0.244. The first-order chi connectivity index (χ1) is 53.7. The molecule has 6 aromatic carbocycles. The van der Waals surface area contributed by atoms with Gasteiger partial charge in [0.1, 0.15) is 17.2 Å². The maximum Gasteiger partial charge on any atom is 0.256 e. The Morgan fingerprint density at radius 1 is 0.500 bits per heavy atom. The van der Waals surface area contributed by atoms with Gasteiger partial charge in [-0.1, -0.05) is 90.6 Å². The van der Waals surface area contributed by atoms with Crippen molar-refractivity contribution in [1.82, 2.24) is 46.4 Å². The molecular weight excluding hydrogens is 1130 g/mol. The van der Waals surface area contributed by atoms with Gasteiger partial charge in [0.2, 0.25) is 34.5 Å². The molecule has 0 unspecified atom stereocenters. The second-order valence-corrected chi connectivity index (χ2v) is 20.9. The van der Waals surface area contributed by atoms with Gasteiger partial charge in [0.25, 0.3) is 17.7 Å². The van der Waals surface area contributed by atoms with Gasteiger partial charge in [0, 0.05) is 61.0 Å². The van der Waals surface area contributed by atoms with Crippen molar-refractivity contribution in [2.24, 2.45) is 0 Å². The van der Waals surface area contributed by atoms with E-state index in [1.807, 2.05) is 6.92 Å². The molecule has 9 aromatic rings. The second-order valence-electron chi connectivity index (χ2n) is 20.9. The van der Waals surface area contributed by atoms with Crippen LogP contribution >= 0.6 is 0 Å². The number of nitrogens with zero attached hydrogens (tertiary/aromatic N) is 9. The average molecular weight is 1230 g/mol. The van der Waals surface area contributed by atoms with E-state index in [2.05, 4.69) is 60.9 Å². The van der Waals surface area contributed by atoms with Gasteiger partial charge in [-0.2, -0.15) is 15.0 Å². The molecule has 18 heteroatoms. The minimum atomic E-state index is -1.91. The molecule has 90 heavy (non-hydrogen) atoms. The maximum atomic E-state index is 8.93. The average Bonchev–Trinajstić information content (AvgIpc) is 1.54. The Morgan fingerprint density at radius 3 is 1.16 bits per heavy atom. The minimum Gasteiger partial charge on any atom is -0.502 e. The topological polar surface area (TPSA) is 194 Å². The lowest BCUT2D eigenvalue weighted by Gasteiger charge is -2.13. The van der Waals surface area contributed by atoms with E-state index in [1.54, 1.807) is 48.5 Å². The minimum absolute atomic E-state index is 0.0308. The molecule has 0 bridgehead atoms. The van der Waals surface area contributed by atoms with Gasteiger partial charge in [-0.25, -0.2) is 14.5 Å². The molecule has 462 valence electrons. The fraction of sp³-hybridized carbons (Fsp3) is 0.375. The van der Waals surface area contributed by atoms with E-state index in [1.165, 1.54) is 6.92 Å². The van der Waals surface area contributed by atoms with Gasteiger partial charge in [-0.05, 0) is 207 Å². The Bertz CT molecular complexity index is 5520. The molecule has 3 aromatic heterocycles. The summed E-state index contributed by atoms with van der Waals surface area (Å²) in [7, 11) is 0. The van der Waals surface area contributed by atoms with Crippen LogP contribution in [0.1, 0.15) is 186 Å². The van der Waals surface area contributed by atoms with Crippen LogP contribution in [0.5, 0.6) is 17.2 Å². The predicted molar refractivity (Wildman–Crippen MR) is 350 cm³/mol. The summed E-state index contributed by atoms with van der Waals surface area (Å²) in [5.74, 6) is -1.93. The number of nitrogens with one attached hydrogen (secondary N) is 3. The number of benzene rings is 6. The normalized spacial score (nSPS) is 21.9. The Morgan fingerprint density at radius 2 is 0.844 bits per heavy atom. The first-order valence-electron chi connectivity index (χ1n) is 41.5. The van der Waals surface area contributed by atoms with E-state index in [0.717, 1.165) is 6.42 Å². The first kappa shape index (κ1) is 38.8. The third-order valence-electron chi connectivity index (χ3n) is 13.5. The Hall–Kier alpha value is -9.51. The van der Waals surface area contributed by atoms with Gasteiger partial charge in [0.15, 0.2) is 0 Å². The molecular formula is C72H78N12O6. The summed E-state index contributed by atoms with van der Waals surface area (Å²) in [5, 5.41) is 20.4. The van der Waals surface area contributed by atoms with E-state index in [0.29, 0.717) is 41.6 Å². The van der Waals surface area contributed by atoms with Gasteiger partial charge < -0.3 is 43.7 Å². The molecule has 0 saturated carbocycles. The highest BCUT2D eigenvalue weighted by atomic mass is 16.5. The van der Waals surface area contributed by atoms with Crippen molar-refractivity contribution in [2.45, 2.75) is 156 Å². The van der Waals surface area contributed by atoms with E-state index in [9.17, 15) is 0 Å². The van der Waals surface area contributed by atoms with E-state index in [-0.39, 0.29) is 207 Å². The molecule has 3 atom stereocenters. The highest BCUT2D eigenvalue weighted by Crippen LogP contribution is 2.42. The number of aromatic nitrogens is 6. The summed E-state index contributed by atoms with van der Waals surface area (Å²) >= 11 is 0. The summed E-state index contributed by atoms with van der Waals surface area (Å²) in [6.07, 6.45) is -0.612. The molecule has 12 rings (SSSR count). The molecule has 0 amide bonds. The summed E-state index contributed by atoms with van der Waals surface area (Å²) in [5.41, 5.74) is 0.434. The molecule has 3 aliphatic carbocycles. The van der Waals surface area contributed by atoms with Crippen molar-refractivity contribution in [1.29, 1.82) is 0 Å². The van der Waals surface area contributed by atoms with Crippen LogP contribution in [0.3, 0.4) is 0 Å².